The molecule has 0 N–H and O–H groups in total. The van der Waals surface area contributed by atoms with E-state index in [0.717, 1.165) is 102 Å². The van der Waals surface area contributed by atoms with Gasteiger partial charge in [-0.25, -0.2) is 0 Å². The van der Waals surface area contributed by atoms with E-state index in [0.29, 0.717) is 24.2 Å². The molecule has 0 aromatic heterocycles. The Hall–Kier alpha value is -7.92. The predicted octanol–water partition coefficient (Wildman–Crippen LogP) is 14.0. The lowest BCUT2D eigenvalue weighted by molar-refractivity contribution is 0.0975. The molecule has 4 heteroatoms. The largest absolute Gasteiger partial charge is 0.308 e. The molecule has 9 rings (SSSR count). The molecular formula is C60H48N2O2. The van der Waals surface area contributed by atoms with Gasteiger partial charge in [-0.15, -0.1) is 0 Å². The van der Waals surface area contributed by atoms with Crippen LogP contribution in [-0.4, -0.2) is 24.9 Å². The topological polar surface area (TPSA) is 40.6 Å². The van der Waals surface area contributed by atoms with Crippen molar-refractivity contribution in [2.75, 3.05) is 22.9 Å². The predicted molar refractivity (Wildman–Crippen MR) is 267 cm³/mol. The minimum absolute atomic E-state index is 0.107. The lowest BCUT2D eigenvalue weighted by Gasteiger charge is -2.24. The number of benzene rings is 9. The van der Waals surface area contributed by atoms with Crippen LogP contribution in [0.5, 0.6) is 0 Å². The summed E-state index contributed by atoms with van der Waals surface area (Å²) in [4.78, 5) is 32.0. The van der Waals surface area contributed by atoms with Gasteiger partial charge in [0, 0.05) is 57.8 Å². The van der Waals surface area contributed by atoms with Crippen LogP contribution in [0.25, 0.3) is 43.1 Å². The lowest BCUT2D eigenvalue weighted by Crippen LogP contribution is -2.33. The maximum atomic E-state index is 14.2. The van der Waals surface area contributed by atoms with Crippen LogP contribution in [0.2, 0.25) is 0 Å². The number of carbonyl (C=O) groups excluding carboxylic acids is 2. The van der Waals surface area contributed by atoms with Crippen molar-refractivity contribution in [3.63, 3.8) is 0 Å². The van der Waals surface area contributed by atoms with Crippen LogP contribution in [0.15, 0.2) is 182 Å². The Morgan fingerprint density at radius 2 is 0.703 bits per heavy atom. The third-order valence-corrected chi connectivity index (χ3v) is 11.9. The highest BCUT2D eigenvalue weighted by molar-refractivity contribution is 6.09. The first kappa shape index (κ1) is 41.4. The second-order valence-corrected chi connectivity index (χ2v) is 16.2. The van der Waals surface area contributed by atoms with Gasteiger partial charge in [-0.3, -0.25) is 9.59 Å². The van der Waals surface area contributed by atoms with Gasteiger partial charge in [0.1, 0.15) is 0 Å². The molecular weight excluding hydrogens is 781 g/mol. The standard InChI is InChI=1S/C60H48N2O2/c1-3-5-39-61(51-33-23-43(24-34-51)27-37-57-53-19-11-7-15-47(53)41-48-16-8-12-20-54(48)57)59(63)45-29-31-46(32-30-45)60(64)62(40-6-4-2)52-35-25-44(26-36-52)28-38-58-55-21-13-9-17-49(55)42-50-18-10-14-22-56(50)58/h7-26,29-36,41-42H,3-6,39-40H2,1-2H3. The summed E-state index contributed by atoms with van der Waals surface area (Å²) >= 11 is 0. The minimum Gasteiger partial charge on any atom is -0.308 e. The summed E-state index contributed by atoms with van der Waals surface area (Å²) in [5, 5.41) is 9.17. The van der Waals surface area contributed by atoms with E-state index >= 15 is 0 Å². The second-order valence-electron chi connectivity index (χ2n) is 16.2. The van der Waals surface area contributed by atoms with Gasteiger partial charge < -0.3 is 9.80 Å². The first-order valence-electron chi connectivity index (χ1n) is 22.3. The summed E-state index contributed by atoms with van der Waals surface area (Å²) in [6, 6.07) is 60.8. The van der Waals surface area contributed by atoms with E-state index in [4.69, 9.17) is 0 Å². The van der Waals surface area contributed by atoms with Crippen LogP contribution < -0.4 is 9.80 Å². The number of fused-ring (bicyclic) bond motifs is 4. The molecule has 2 amide bonds. The molecule has 64 heavy (non-hydrogen) atoms. The lowest BCUT2D eigenvalue weighted by atomic mass is 9.97. The van der Waals surface area contributed by atoms with E-state index in [2.05, 4.69) is 147 Å². The van der Waals surface area contributed by atoms with Gasteiger partial charge in [0.2, 0.25) is 0 Å². The van der Waals surface area contributed by atoms with Gasteiger partial charge in [0.15, 0.2) is 0 Å². The van der Waals surface area contributed by atoms with Crippen LogP contribution in [-0.2, 0) is 0 Å². The van der Waals surface area contributed by atoms with Crippen molar-refractivity contribution >= 4 is 66.3 Å². The number of hydrogen-bond donors (Lipinski definition) is 0. The van der Waals surface area contributed by atoms with Gasteiger partial charge in [0.25, 0.3) is 11.8 Å². The van der Waals surface area contributed by atoms with Crippen LogP contribution >= 0.6 is 0 Å². The smallest absolute Gasteiger partial charge is 0.258 e. The zero-order chi connectivity index (χ0) is 43.8. The van der Waals surface area contributed by atoms with E-state index in [-0.39, 0.29) is 11.8 Å². The molecule has 9 aromatic carbocycles. The van der Waals surface area contributed by atoms with Crippen molar-refractivity contribution < 1.29 is 9.59 Å². The third kappa shape index (κ3) is 8.73. The summed E-state index contributed by atoms with van der Waals surface area (Å²) in [7, 11) is 0. The molecule has 310 valence electrons. The Balaban J connectivity index is 0.928. The average Bonchev–Trinajstić information content (AvgIpc) is 3.35. The van der Waals surface area contributed by atoms with Crippen LogP contribution in [0.3, 0.4) is 0 Å². The number of hydrogen-bond acceptors (Lipinski definition) is 2. The third-order valence-electron chi connectivity index (χ3n) is 11.9. The van der Waals surface area contributed by atoms with Gasteiger partial charge >= 0.3 is 0 Å². The number of nitrogens with zero attached hydrogens (tertiary/aromatic N) is 2. The Morgan fingerprint density at radius 3 is 1.02 bits per heavy atom. The van der Waals surface area contributed by atoms with Crippen molar-refractivity contribution in [1.29, 1.82) is 0 Å². The molecule has 0 aliphatic carbocycles. The van der Waals surface area contributed by atoms with Crippen molar-refractivity contribution in [3.05, 3.63) is 215 Å². The zero-order valence-electron chi connectivity index (χ0n) is 36.3. The summed E-state index contributed by atoms with van der Waals surface area (Å²) in [5.41, 5.74) is 6.44. The molecule has 0 aliphatic heterocycles. The first-order chi connectivity index (χ1) is 31.5. The highest BCUT2D eigenvalue weighted by Gasteiger charge is 2.21. The molecule has 0 heterocycles. The average molecular weight is 829 g/mol. The van der Waals surface area contributed by atoms with Crippen LogP contribution in [0.4, 0.5) is 11.4 Å². The SMILES string of the molecule is CCCCN(C(=O)c1ccc(C(=O)N(CCCC)c2ccc(C#Cc3c4ccccc4cc4ccccc34)cc2)cc1)c1ccc(C#Cc2c3ccccc3cc3ccccc23)cc1. The molecule has 4 nitrogen and oxygen atoms in total. The fourth-order valence-electron chi connectivity index (χ4n) is 8.41. The van der Waals surface area contributed by atoms with Crippen LogP contribution in [0.1, 0.15) is 82.5 Å². The van der Waals surface area contributed by atoms with Gasteiger partial charge in [-0.05, 0) is 141 Å². The maximum Gasteiger partial charge on any atom is 0.258 e. The molecule has 0 fully saturated rings. The number of amides is 2. The van der Waals surface area contributed by atoms with Crippen molar-refractivity contribution in [2.24, 2.45) is 0 Å². The summed E-state index contributed by atoms with van der Waals surface area (Å²) < 4.78 is 0. The Morgan fingerprint density at radius 1 is 0.391 bits per heavy atom. The maximum absolute atomic E-state index is 14.2. The molecule has 0 bridgehead atoms. The zero-order valence-corrected chi connectivity index (χ0v) is 36.3. The number of carbonyl (C=O) groups is 2. The molecule has 0 saturated carbocycles. The molecule has 0 radical (unpaired) electrons. The Labute approximate surface area is 375 Å². The van der Waals surface area contributed by atoms with Gasteiger partial charge in [0.05, 0.1) is 0 Å². The van der Waals surface area contributed by atoms with E-state index in [1.165, 1.54) is 0 Å². The summed E-state index contributed by atoms with van der Waals surface area (Å²) in [6.45, 7) is 5.40. The van der Waals surface area contributed by atoms with Gasteiger partial charge in [-0.2, -0.15) is 0 Å². The van der Waals surface area contributed by atoms with Crippen molar-refractivity contribution in [1.82, 2.24) is 0 Å². The quantitative estimate of drug-likeness (QED) is 0.102. The van der Waals surface area contributed by atoms with Crippen molar-refractivity contribution in [2.45, 2.75) is 39.5 Å². The first-order valence-corrected chi connectivity index (χ1v) is 22.3. The van der Waals surface area contributed by atoms with Gasteiger partial charge in [-0.1, -0.05) is 147 Å². The minimum atomic E-state index is -0.107. The van der Waals surface area contributed by atoms with Crippen LogP contribution in [0, 0.1) is 23.7 Å². The van der Waals surface area contributed by atoms with E-state index in [1.54, 1.807) is 24.3 Å². The summed E-state index contributed by atoms with van der Waals surface area (Å²) in [6.07, 6.45) is 3.61. The molecule has 0 saturated heterocycles. The van der Waals surface area contributed by atoms with E-state index in [9.17, 15) is 9.59 Å². The highest BCUT2D eigenvalue weighted by Crippen LogP contribution is 2.30. The van der Waals surface area contributed by atoms with Crippen molar-refractivity contribution in [3.8, 4) is 23.7 Å². The molecule has 0 aliphatic rings. The second kappa shape index (κ2) is 19.0. The highest BCUT2D eigenvalue weighted by atomic mass is 16.2. The Kier molecular flexibility index (Phi) is 12.3. The normalized spacial score (nSPS) is 10.9. The number of unbranched alkanes of at least 4 members (excludes halogenated alkanes) is 2. The summed E-state index contributed by atoms with van der Waals surface area (Å²) in [5.74, 6) is 13.5. The van der Waals surface area contributed by atoms with E-state index < -0.39 is 0 Å². The molecule has 0 atom stereocenters. The molecule has 0 spiro atoms. The molecule has 0 unspecified atom stereocenters. The fourth-order valence-corrected chi connectivity index (χ4v) is 8.41. The monoisotopic (exact) mass is 828 g/mol. The number of rotatable bonds is 10. The Bertz CT molecular complexity index is 2960. The number of anilines is 2. The fraction of sp³-hybridized carbons (Fsp3) is 0.133. The molecule has 9 aromatic rings. The van der Waals surface area contributed by atoms with E-state index in [1.807, 2.05) is 58.3 Å².